The third kappa shape index (κ3) is 2.72. The molecular formula is C18H19BrO2. The number of aryl methyl sites for hydroxylation is 3. The van der Waals surface area contributed by atoms with Gasteiger partial charge in [-0.15, -0.1) is 0 Å². The Labute approximate surface area is 133 Å². The highest BCUT2D eigenvalue weighted by atomic mass is 79.9. The molecule has 0 fully saturated rings. The molecule has 0 aliphatic carbocycles. The van der Waals surface area contributed by atoms with Gasteiger partial charge in [0, 0.05) is 16.5 Å². The van der Waals surface area contributed by atoms with Gasteiger partial charge in [0.15, 0.2) is 0 Å². The molecule has 1 aliphatic heterocycles. The van der Waals surface area contributed by atoms with Crippen LogP contribution in [0.25, 0.3) is 0 Å². The summed E-state index contributed by atoms with van der Waals surface area (Å²) in [5, 5.41) is 10.5. The number of fused-ring (bicyclic) bond motifs is 1. The molecule has 1 heterocycles. The number of aliphatic hydroxyl groups is 1. The first-order chi connectivity index (χ1) is 9.95. The molecule has 0 saturated heterocycles. The molecule has 21 heavy (non-hydrogen) atoms. The Hall–Kier alpha value is -1.32. The lowest BCUT2D eigenvalue weighted by atomic mass is 9.89. The summed E-state index contributed by atoms with van der Waals surface area (Å²) in [4.78, 5) is 0. The minimum atomic E-state index is -0.489. The number of hydrogen-bond donors (Lipinski definition) is 1. The number of ether oxygens (including phenoxy) is 1. The van der Waals surface area contributed by atoms with Crippen molar-refractivity contribution in [3.8, 4) is 5.75 Å². The van der Waals surface area contributed by atoms with Crippen molar-refractivity contribution >= 4 is 15.9 Å². The van der Waals surface area contributed by atoms with Crippen molar-refractivity contribution in [2.24, 2.45) is 0 Å². The smallest absolute Gasteiger partial charge is 0.127 e. The van der Waals surface area contributed by atoms with E-state index >= 15 is 0 Å². The molecule has 110 valence electrons. The largest absolute Gasteiger partial charge is 0.485 e. The fourth-order valence-electron chi connectivity index (χ4n) is 3.29. The van der Waals surface area contributed by atoms with Gasteiger partial charge in [0.25, 0.3) is 0 Å². The van der Waals surface area contributed by atoms with E-state index in [1.165, 1.54) is 22.3 Å². The fourth-order valence-corrected chi connectivity index (χ4v) is 3.67. The maximum atomic E-state index is 10.5. The zero-order chi connectivity index (χ0) is 15.1. The van der Waals surface area contributed by atoms with Crippen LogP contribution in [-0.4, -0.2) is 5.11 Å². The Morgan fingerprint density at radius 1 is 1.10 bits per heavy atom. The van der Waals surface area contributed by atoms with E-state index in [-0.39, 0.29) is 6.10 Å². The molecule has 2 aromatic carbocycles. The van der Waals surface area contributed by atoms with E-state index in [0.29, 0.717) is 6.42 Å². The van der Waals surface area contributed by atoms with Gasteiger partial charge in [-0.2, -0.15) is 0 Å². The quantitative estimate of drug-likeness (QED) is 0.792. The molecule has 1 unspecified atom stereocenters. The summed E-state index contributed by atoms with van der Waals surface area (Å²) in [6.07, 6.45) is 0.0133. The molecular weight excluding hydrogens is 328 g/mol. The van der Waals surface area contributed by atoms with Crippen molar-refractivity contribution in [2.45, 2.75) is 39.4 Å². The summed E-state index contributed by atoms with van der Waals surface area (Å²) in [5.41, 5.74) is 5.78. The molecule has 0 saturated carbocycles. The predicted molar refractivity (Wildman–Crippen MR) is 87.7 cm³/mol. The normalized spacial score (nSPS) is 20.8. The SMILES string of the molecule is Cc1cc(C)c(C2C[C@@H](O)c3cc(Br)ccc3O2)c(C)c1. The summed E-state index contributed by atoms with van der Waals surface area (Å²) >= 11 is 3.44. The van der Waals surface area contributed by atoms with Gasteiger partial charge >= 0.3 is 0 Å². The van der Waals surface area contributed by atoms with E-state index in [0.717, 1.165) is 15.8 Å². The predicted octanol–water partition coefficient (Wildman–Crippen LogP) is 4.93. The second-order valence-electron chi connectivity index (χ2n) is 5.85. The van der Waals surface area contributed by atoms with Crippen molar-refractivity contribution in [1.82, 2.24) is 0 Å². The molecule has 0 aromatic heterocycles. The van der Waals surface area contributed by atoms with Crippen LogP contribution in [0, 0.1) is 20.8 Å². The van der Waals surface area contributed by atoms with Crippen LogP contribution in [0.4, 0.5) is 0 Å². The van der Waals surface area contributed by atoms with Crippen LogP contribution in [0.5, 0.6) is 5.75 Å². The van der Waals surface area contributed by atoms with E-state index in [1.54, 1.807) is 0 Å². The number of hydrogen-bond acceptors (Lipinski definition) is 2. The lowest BCUT2D eigenvalue weighted by molar-refractivity contribution is 0.0651. The van der Waals surface area contributed by atoms with Crippen LogP contribution >= 0.6 is 15.9 Å². The monoisotopic (exact) mass is 346 g/mol. The van der Waals surface area contributed by atoms with Gasteiger partial charge in [-0.25, -0.2) is 0 Å². The Bertz CT molecular complexity index is 671. The molecule has 0 spiro atoms. The molecule has 2 atom stereocenters. The molecule has 2 nitrogen and oxygen atoms in total. The van der Waals surface area contributed by atoms with E-state index in [1.807, 2.05) is 18.2 Å². The van der Waals surface area contributed by atoms with Crippen molar-refractivity contribution < 1.29 is 9.84 Å². The van der Waals surface area contributed by atoms with Crippen LogP contribution in [0.15, 0.2) is 34.8 Å². The third-order valence-electron chi connectivity index (χ3n) is 4.10. The van der Waals surface area contributed by atoms with Crippen molar-refractivity contribution in [3.05, 3.63) is 62.6 Å². The fraction of sp³-hybridized carbons (Fsp3) is 0.333. The summed E-state index contributed by atoms with van der Waals surface area (Å²) in [6.45, 7) is 6.33. The lowest BCUT2D eigenvalue weighted by Gasteiger charge is -2.32. The van der Waals surface area contributed by atoms with Crippen molar-refractivity contribution in [1.29, 1.82) is 0 Å². The van der Waals surface area contributed by atoms with E-state index < -0.39 is 6.10 Å². The average Bonchev–Trinajstić information content (AvgIpc) is 2.38. The van der Waals surface area contributed by atoms with E-state index in [2.05, 4.69) is 48.8 Å². The van der Waals surface area contributed by atoms with Crippen molar-refractivity contribution in [2.75, 3.05) is 0 Å². The molecule has 1 N–H and O–H groups in total. The summed E-state index contributed by atoms with van der Waals surface area (Å²) in [6, 6.07) is 10.2. The number of halogens is 1. The van der Waals surface area contributed by atoms with Gasteiger partial charge in [0.05, 0.1) is 6.10 Å². The van der Waals surface area contributed by atoms with Crippen LogP contribution in [0.3, 0.4) is 0 Å². The summed E-state index contributed by atoms with van der Waals surface area (Å²) in [5.74, 6) is 0.779. The standard InChI is InChI=1S/C18H19BrO2/c1-10-6-11(2)18(12(3)7-10)17-9-15(20)14-8-13(19)4-5-16(14)21-17/h4-8,15,17,20H,9H2,1-3H3/t15-,17?/m1/s1. The molecule has 3 heteroatoms. The first-order valence-electron chi connectivity index (χ1n) is 7.17. The number of aliphatic hydroxyl groups excluding tert-OH is 1. The summed E-state index contributed by atoms with van der Waals surface area (Å²) < 4.78 is 7.13. The van der Waals surface area contributed by atoms with Gasteiger partial charge in [-0.1, -0.05) is 33.6 Å². The Balaban J connectivity index is 2.02. The van der Waals surface area contributed by atoms with Crippen LogP contribution in [-0.2, 0) is 0 Å². The Kier molecular flexibility index (Phi) is 3.80. The molecule has 3 rings (SSSR count). The van der Waals surface area contributed by atoms with Crippen molar-refractivity contribution in [3.63, 3.8) is 0 Å². The topological polar surface area (TPSA) is 29.5 Å². The van der Waals surface area contributed by atoms with E-state index in [9.17, 15) is 5.11 Å². The van der Waals surface area contributed by atoms with E-state index in [4.69, 9.17) is 4.74 Å². The Morgan fingerprint density at radius 3 is 2.43 bits per heavy atom. The van der Waals surface area contributed by atoms with Gasteiger partial charge in [0.1, 0.15) is 11.9 Å². The van der Waals surface area contributed by atoms with Gasteiger partial charge in [0.2, 0.25) is 0 Å². The number of rotatable bonds is 1. The molecule has 0 bridgehead atoms. The lowest BCUT2D eigenvalue weighted by Crippen LogP contribution is -2.20. The van der Waals surface area contributed by atoms with Crippen LogP contribution in [0.2, 0.25) is 0 Å². The zero-order valence-electron chi connectivity index (χ0n) is 12.5. The van der Waals surface area contributed by atoms with Gasteiger partial charge in [-0.05, 0) is 55.7 Å². The maximum Gasteiger partial charge on any atom is 0.127 e. The Morgan fingerprint density at radius 2 is 1.76 bits per heavy atom. The maximum absolute atomic E-state index is 10.5. The first kappa shape index (κ1) is 14.6. The second-order valence-corrected chi connectivity index (χ2v) is 6.77. The van der Waals surface area contributed by atoms with Crippen LogP contribution in [0.1, 0.15) is 46.4 Å². The average molecular weight is 347 g/mol. The highest BCUT2D eigenvalue weighted by Gasteiger charge is 2.29. The zero-order valence-corrected chi connectivity index (χ0v) is 14.1. The minimum absolute atomic E-state index is 0.0886. The molecule has 0 amide bonds. The highest BCUT2D eigenvalue weighted by Crippen LogP contribution is 2.43. The first-order valence-corrected chi connectivity index (χ1v) is 7.97. The number of benzene rings is 2. The van der Waals surface area contributed by atoms with Gasteiger partial charge in [-0.3, -0.25) is 0 Å². The second kappa shape index (κ2) is 5.47. The molecule has 1 aliphatic rings. The van der Waals surface area contributed by atoms with Crippen LogP contribution < -0.4 is 4.74 Å². The molecule has 2 aromatic rings. The minimum Gasteiger partial charge on any atom is -0.485 e. The molecule has 0 radical (unpaired) electrons. The third-order valence-corrected chi connectivity index (χ3v) is 4.59. The summed E-state index contributed by atoms with van der Waals surface area (Å²) in [7, 11) is 0. The highest BCUT2D eigenvalue weighted by molar-refractivity contribution is 9.10. The van der Waals surface area contributed by atoms with Gasteiger partial charge < -0.3 is 9.84 Å².